The van der Waals surface area contributed by atoms with Crippen molar-refractivity contribution < 1.29 is 28.8 Å². The fourth-order valence-corrected chi connectivity index (χ4v) is 5.21. The largest absolute Gasteiger partial charge is 0.494 e. The van der Waals surface area contributed by atoms with Gasteiger partial charge in [0.25, 0.3) is 5.91 Å². The third-order valence-electron chi connectivity index (χ3n) is 7.57. The second kappa shape index (κ2) is 15.1. The van der Waals surface area contributed by atoms with Crippen LogP contribution in [0, 0.1) is 0 Å². The average molecular weight is 607 g/mol. The molecule has 45 heavy (non-hydrogen) atoms. The highest BCUT2D eigenvalue weighted by Gasteiger charge is 2.52. The van der Waals surface area contributed by atoms with Gasteiger partial charge in [0, 0.05) is 31.6 Å². The van der Waals surface area contributed by atoms with Gasteiger partial charge in [-0.1, -0.05) is 78.9 Å². The Morgan fingerprint density at radius 3 is 2.33 bits per heavy atom. The summed E-state index contributed by atoms with van der Waals surface area (Å²) >= 11 is 0. The van der Waals surface area contributed by atoms with Gasteiger partial charge in [-0.05, 0) is 53.1 Å². The van der Waals surface area contributed by atoms with Crippen LogP contribution in [0.3, 0.4) is 0 Å². The van der Waals surface area contributed by atoms with E-state index in [0.29, 0.717) is 42.6 Å². The monoisotopic (exact) mass is 606 g/mol. The zero-order valence-electron chi connectivity index (χ0n) is 25.5. The number of benzene rings is 4. The minimum atomic E-state index is -1.30. The van der Waals surface area contributed by atoms with Crippen LogP contribution in [0.2, 0.25) is 0 Å². The quantitative estimate of drug-likeness (QED) is 0.167. The molecule has 1 aliphatic rings. The summed E-state index contributed by atoms with van der Waals surface area (Å²) in [5, 5.41) is 12.2. The van der Waals surface area contributed by atoms with Crippen molar-refractivity contribution in [3.8, 4) is 17.2 Å². The van der Waals surface area contributed by atoms with Crippen LogP contribution in [0.25, 0.3) is 6.08 Å². The Morgan fingerprint density at radius 2 is 1.64 bits per heavy atom. The summed E-state index contributed by atoms with van der Waals surface area (Å²) in [6, 6.07) is 32.6. The normalized spacial score (nSPS) is 17.4. The fourth-order valence-electron chi connectivity index (χ4n) is 5.21. The van der Waals surface area contributed by atoms with Crippen molar-refractivity contribution in [1.29, 1.82) is 0 Å². The molecular weight excluding hydrogens is 568 g/mol. The average Bonchev–Trinajstić information content (AvgIpc) is 3.49. The summed E-state index contributed by atoms with van der Waals surface area (Å²) in [6.45, 7) is 0.745. The van der Waals surface area contributed by atoms with Gasteiger partial charge in [0.2, 0.25) is 5.90 Å². The molecule has 4 aromatic rings. The predicted molar refractivity (Wildman–Crippen MR) is 175 cm³/mol. The zero-order valence-corrected chi connectivity index (χ0v) is 25.5. The lowest BCUT2D eigenvalue weighted by Gasteiger charge is -2.30. The van der Waals surface area contributed by atoms with Crippen LogP contribution in [0.4, 0.5) is 0 Å². The molecule has 1 aliphatic heterocycles. The first-order chi connectivity index (χ1) is 22.1. The fraction of sp³-hybridized carbons (Fsp3) is 0.243. The molecule has 0 aliphatic carbocycles. The van der Waals surface area contributed by atoms with E-state index in [-0.39, 0.29) is 19.1 Å². The minimum Gasteiger partial charge on any atom is -0.494 e. The minimum absolute atomic E-state index is 0.0679. The third kappa shape index (κ3) is 7.53. The van der Waals surface area contributed by atoms with Crippen LogP contribution in [0.1, 0.15) is 41.2 Å². The molecule has 1 amide bonds. The molecule has 0 unspecified atom stereocenters. The standard InChI is InChI=1S/C37H38N2O6/c1-42-32-21-16-28(25-33(32)43-2)26-38-36(41)37(22-9-13-27-11-5-3-6-12-27)34(29-14-7-4-8-15-29)45-35(39-37)30-17-19-31(20-18-30)44-24-10-23-40/h3-9,11-21,25,34,40H,10,22-24,26H2,1-2H3,(H,38,41)/b13-9+/t34-,37-/m1/s1. The van der Waals surface area contributed by atoms with Crippen LogP contribution in [0.15, 0.2) is 114 Å². The Balaban J connectivity index is 1.50. The van der Waals surface area contributed by atoms with Crippen LogP contribution in [-0.4, -0.2) is 49.9 Å². The molecule has 0 saturated carbocycles. The van der Waals surface area contributed by atoms with Gasteiger partial charge in [-0.15, -0.1) is 0 Å². The van der Waals surface area contributed by atoms with Crippen LogP contribution >= 0.6 is 0 Å². The topological polar surface area (TPSA) is 98.6 Å². The first kappa shape index (κ1) is 31.3. The number of hydrogen-bond acceptors (Lipinski definition) is 7. The molecule has 8 nitrogen and oxygen atoms in total. The van der Waals surface area contributed by atoms with Crippen LogP contribution in [-0.2, 0) is 16.1 Å². The summed E-state index contributed by atoms with van der Waals surface area (Å²) in [5.74, 6) is 1.99. The Labute approximate surface area is 264 Å². The second-order valence-corrected chi connectivity index (χ2v) is 10.6. The van der Waals surface area contributed by atoms with Crippen molar-refractivity contribution in [2.45, 2.75) is 31.0 Å². The Hall–Kier alpha value is -5.08. The second-order valence-electron chi connectivity index (χ2n) is 10.6. The summed E-state index contributed by atoms with van der Waals surface area (Å²) in [4.78, 5) is 19.5. The number of amides is 1. The molecule has 8 heteroatoms. The van der Waals surface area contributed by atoms with Crippen LogP contribution < -0.4 is 19.5 Å². The smallest absolute Gasteiger partial charge is 0.252 e. The number of aliphatic hydroxyl groups excluding tert-OH is 1. The number of carbonyl (C=O) groups is 1. The summed E-state index contributed by atoms with van der Waals surface area (Å²) in [6.07, 6.45) is 4.14. The molecule has 232 valence electrons. The number of nitrogens with one attached hydrogen (secondary N) is 1. The molecule has 0 spiro atoms. The summed E-state index contributed by atoms with van der Waals surface area (Å²) in [7, 11) is 3.17. The van der Waals surface area contributed by atoms with E-state index >= 15 is 0 Å². The van der Waals surface area contributed by atoms with Gasteiger partial charge in [0.15, 0.2) is 23.1 Å². The van der Waals surface area contributed by atoms with Gasteiger partial charge >= 0.3 is 0 Å². The Morgan fingerprint density at radius 1 is 0.933 bits per heavy atom. The number of nitrogens with zero attached hydrogens (tertiary/aromatic N) is 1. The van der Waals surface area contributed by atoms with Crippen molar-refractivity contribution >= 4 is 17.9 Å². The molecule has 0 saturated heterocycles. The molecule has 5 rings (SSSR count). The Kier molecular flexibility index (Phi) is 10.5. The first-order valence-corrected chi connectivity index (χ1v) is 14.9. The van der Waals surface area contributed by atoms with E-state index in [9.17, 15) is 4.79 Å². The SMILES string of the molecule is COc1ccc(CNC(=O)[C@]2(C/C=C/c3ccccc3)N=C(c3ccc(OCCCO)cc3)O[C@@H]2c2ccccc2)cc1OC. The summed E-state index contributed by atoms with van der Waals surface area (Å²) < 4.78 is 23.1. The predicted octanol–water partition coefficient (Wildman–Crippen LogP) is 6.14. The Bertz CT molecular complexity index is 1610. The van der Waals surface area contributed by atoms with Crippen molar-refractivity contribution in [2.75, 3.05) is 27.4 Å². The molecule has 2 atom stereocenters. The molecule has 0 radical (unpaired) electrons. The number of aliphatic hydroxyl groups is 1. The maximum absolute atomic E-state index is 14.4. The lowest BCUT2D eigenvalue weighted by Crippen LogP contribution is -2.47. The number of methoxy groups -OCH3 is 2. The van der Waals surface area contributed by atoms with Gasteiger partial charge in [0.05, 0.1) is 20.8 Å². The van der Waals surface area contributed by atoms with Crippen molar-refractivity contribution in [3.05, 3.63) is 131 Å². The molecule has 2 N–H and O–H groups in total. The molecule has 4 aromatic carbocycles. The number of carbonyl (C=O) groups excluding carboxylic acids is 1. The van der Waals surface area contributed by atoms with Gasteiger partial charge in [-0.25, -0.2) is 4.99 Å². The molecule has 0 aromatic heterocycles. The highest BCUT2D eigenvalue weighted by Crippen LogP contribution is 2.43. The molecule has 0 bridgehead atoms. The number of hydrogen-bond donors (Lipinski definition) is 2. The zero-order chi connectivity index (χ0) is 31.5. The van der Waals surface area contributed by atoms with Crippen molar-refractivity contribution in [2.24, 2.45) is 4.99 Å². The van der Waals surface area contributed by atoms with Gasteiger partial charge < -0.3 is 29.4 Å². The van der Waals surface area contributed by atoms with E-state index in [0.717, 1.165) is 22.3 Å². The first-order valence-electron chi connectivity index (χ1n) is 14.9. The van der Waals surface area contributed by atoms with E-state index in [1.165, 1.54) is 0 Å². The lowest BCUT2D eigenvalue weighted by atomic mass is 9.84. The van der Waals surface area contributed by atoms with E-state index < -0.39 is 11.6 Å². The molecule has 0 fully saturated rings. The van der Waals surface area contributed by atoms with E-state index in [2.05, 4.69) is 5.32 Å². The van der Waals surface area contributed by atoms with E-state index in [1.54, 1.807) is 14.2 Å². The number of aliphatic imine (C=N–C) groups is 1. The van der Waals surface area contributed by atoms with E-state index in [1.807, 2.05) is 115 Å². The number of rotatable bonds is 14. The van der Waals surface area contributed by atoms with Gasteiger partial charge in [0.1, 0.15) is 5.75 Å². The van der Waals surface area contributed by atoms with E-state index in [4.69, 9.17) is 29.0 Å². The number of ether oxygens (including phenoxy) is 4. The maximum atomic E-state index is 14.4. The molecular formula is C37H38N2O6. The molecule has 1 heterocycles. The van der Waals surface area contributed by atoms with Gasteiger partial charge in [-0.2, -0.15) is 0 Å². The lowest BCUT2D eigenvalue weighted by molar-refractivity contribution is -0.129. The van der Waals surface area contributed by atoms with Crippen LogP contribution in [0.5, 0.6) is 17.2 Å². The summed E-state index contributed by atoms with van der Waals surface area (Å²) in [5.41, 5.74) is 2.15. The van der Waals surface area contributed by atoms with Crippen molar-refractivity contribution in [1.82, 2.24) is 5.32 Å². The third-order valence-corrected chi connectivity index (χ3v) is 7.57. The highest BCUT2D eigenvalue weighted by atomic mass is 16.5. The maximum Gasteiger partial charge on any atom is 0.252 e. The highest BCUT2D eigenvalue weighted by molar-refractivity contribution is 6.01. The van der Waals surface area contributed by atoms with Gasteiger partial charge in [-0.3, -0.25) is 4.79 Å². The van der Waals surface area contributed by atoms with Crippen molar-refractivity contribution in [3.63, 3.8) is 0 Å².